The van der Waals surface area contributed by atoms with E-state index >= 15 is 0 Å². The van der Waals surface area contributed by atoms with Gasteiger partial charge in [0.1, 0.15) is 5.52 Å². The van der Waals surface area contributed by atoms with E-state index in [9.17, 15) is 13.2 Å². The van der Waals surface area contributed by atoms with E-state index in [1.807, 2.05) is 0 Å². The molecule has 0 unspecified atom stereocenters. The predicted molar refractivity (Wildman–Crippen MR) is 50.4 cm³/mol. The van der Waals surface area contributed by atoms with Gasteiger partial charge in [0.15, 0.2) is 5.82 Å². The minimum atomic E-state index is -2.47. The van der Waals surface area contributed by atoms with Gasteiger partial charge in [0.05, 0.1) is 18.4 Å². The van der Waals surface area contributed by atoms with Gasteiger partial charge < -0.3 is 4.57 Å². The lowest BCUT2D eigenvalue weighted by Crippen LogP contribution is -2.04. The van der Waals surface area contributed by atoms with Gasteiger partial charge in [-0.2, -0.15) is 0 Å². The number of aryl methyl sites for hydroxylation is 1. The minimum absolute atomic E-state index is 0.149. The molecule has 1 heterocycles. The van der Waals surface area contributed by atoms with Gasteiger partial charge in [0.2, 0.25) is 0 Å². The highest BCUT2D eigenvalue weighted by molar-refractivity contribution is 5.76. The number of halogens is 3. The lowest BCUT2D eigenvalue weighted by atomic mass is 10.2. The maximum Gasteiger partial charge on any atom is 0.256 e. The van der Waals surface area contributed by atoms with E-state index in [4.69, 9.17) is 0 Å². The average molecular weight is 214 g/mol. The number of fused-ring (bicyclic) bond motifs is 1. The van der Waals surface area contributed by atoms with Gasteiger partial charge in [-0.1, -0.05) is 6.07 Å². The second-order valence-corrected chi connectivity index (χ2v) is 3.35. The molecule has 0 radical (unpaired) electrons. The molecule has 0 aliphatic carbocycles. The van der Waals surface area contributed by atoms with Crippen molar-refractivity contribution in [3.05, 3.63) is 29.8 Å². The Bertz CT molecular complexity index is 491. The molecule has 2 aromatic rings. The van der Waals surface area contributed by atoms with Crippen molar-refractivity contribution in [2.24, 2.45) is 0 Å². The van der Waals surface area contributed by atoms with Crippen LogP contribution in [0, 0.1) is 12.7 Å². The van der Waals surface area contributed by atoms with Crippen molar-refractivity contribution < 1.29 is 13.2 Å². The topological polar surface area (TPSA) is 17.8 Å². The summed E-state index contributed by atoms with van der Waals surface area (Å²) in [5.41, 5.74) is 1.01. The molecule has 0 N–H and O–H groups in total. The van der Waals surface area contributed by atoms with Crippen LogP contribution >= 0.6 is 0 Å². The molecule has 2 rings (SSSR count). The third-order valence-electron chi connectivity index (χ3n) is 2.26. The summed E-state index contributed by atoms with van der Waals surface area (Å²) in [6, 6.07) is 3.16. The third kappa shape index (κ3) is 1.69. The van der Waals surface area contributed by atoms with Gasteiger partial charge in [-0.15, -0.1) is 0 Å². The van der Waals surface area contributed by atoms with E-state index in [0.29, 0.717) is 11.1 Å². The Morgan fingerprint density at radius 2 is 2.13 bits per heavy atom. The van der Waals surface area contributed by atoms with Crippen LogP contribution in [0.2, 0.25) is 0 Å². The molecule has 15 heavy (non-hydrogen) atoms. The zero-order valence-corrected chi connectivity index (χ0v) is 8.04. The number of aromatic nitrogens is 2. The number of benzene rings is 1. The highest BCUT2D eigenvalue weighted by atomic mass is 19.3. The average Bonchev–Trinajstić information content (AvgIpc) is 2.55. The quantitative estimate of drug-likeness (QED) is 0.751. The van der Waals surface area contributed by atoms with E-state index in [2.05, 4.69) is 4.98 Å². The van der Waals surface area contributed by atoms with Crippen molar-refractivity contribution in [1.82, 2.24) is 9.55 Å². The van der Waals surface area contributed by atoms with Crippen LogP contribution in [0.1, 0.15) is 5.56 Å². The Balaban J connectivity index is 2.57. The van der Waals surface area contributed by atoms with Crippen molar-refractivity contribution in [2.75, 3.05) is 0 Å². The zero-order chi connectivity index (χ0) is 11.0. The van der Waals surface area contributed by atoms with Gasteiger partial charge in [0, 0.05) is 0 Å². The van der Waals surface area contributed by atoms with Gasteiger partial charge in [-0.05, 0) is 18.6 Å². The van der Waals surface area contributed by atoms with Crippen LogP contribution in [0.5, 0.6) is 0 Å². The molecule has 80 valence electrons. The smallest absolute Gasteiger partial charge is 0.256 e. The molecule has 5 heteroatoms. The van der Waals surface area contributed by atoms with Gasteiger partial charge in [0.25, 0.3) is 6.43 Å². The third-order valence-corrected chi connectivity index (χ3v) is 2.26. The summed E-state index contributed by atoms with van der Waals surface area (Å²) in [4.78, 5) is 3.79. The monoisotopic (exact) mass is 214 g/mol. The Morgan fingerprint density at radius 3 is 2.80 bits per heavy atom. The molecule has 0 fully saturated rings. The first-order valence-electron chi connectivity index (χ1n) is 4.47. The van der Waals surface area contributed by atoms with Crippen molar-refractivity contribution in [2.45, 2.75) is 19.9 Å². The summed E-state index contributed by atoms with van der Waals surface area (Å²) in [7, 11) is 0. The van der Waals surface area contributed by atoms with E-state index in [1.54, 1.807) is 19.1 Å². The molecule has 0 bridgehead atoms. The van der Waals surface area contributed by atoms with Crippen molar-refractivity contribution in [3.8, 4) is 0 Å². The van der Waals surface area contributed by atoms with Crippen LogP contribution in [0.25, 0.3) is 11.0 Å². The van der Waals surface area contributed by atoms with Crippen LogP contribution in [0.3, 0.4) is 0 Å². The summed E-state index contributed by atoms with van der Waals surface area (Å²) in [6.45, 7) is 1.15. The van der Waals surface area contributed by atoms with Gasteiger partial charge >= 0.3 is 0 Å². The molecule has 2 nitrogen and oxygen atoms in total. The molecule has 0 aliphatic heterocycles. The molecular weight excluding hydrogens is 205 g/mol. The lowest BCUT2D eigenvalue weighted by Gasteiger charge is -2.03. The zero-order valence-electron chi connectivity index (χ0n) is 8.04. The van der Waals surface area contributed by atoms with Crippen LogP contribution < -0.4 is 0 Å². The fourth-order valence-corrected chi connectivity index (χ4v) is 1.49. The van der Waals surface area contributed by atoms with E-state index in [-0.39, 0.29) is 5.52 Å². The molecule has 0 atom stereocenters. The second kappa shape index (κ2) is 3.56. The van der Waals surface area contributed by atoms with Crippen molar-refractivity contribution in [3.63, 3.8) is 0 Å². The standard InChI is InChI=1S/C10H9F3N2/c1-6-2-3-7-10(9(6)13)14-5-15(7)4-8(11)12/h2-3,5,8H,4H2,1H3. The summed E-state index contributed by atoms with van der Waals surface area (Å²) in [6.07, 6.45) is -1.23. The molecule has 1 aromatic heterocycles. The molecule has 0 amide bonds. The molecule has 0 aliphatic rings. The molecular formula is C10H9F3N2. The highest BCUT2D eigenvalue weighted by Crippen LogP contribution is 2.19. The predicted octanol–water partition coefficient (Wildman–Crippen LogP) is 2.75. The summed E-state index contributed by atoms with van der Waals surface area (Å²) >= 11 is 0. The Labute approximate surface area is 84.3 Å². The molecule has 0 saturated heterocycles. The molecule has 1 aromatic carbocycles. The van der Waals surface area contributed by atoms with Crippen molar-refractivity contribution >= 4 is 11.0 Å². The molecule has 0 saturated carbocycles. The molecule has 0 spiro atoms. The second-order valence-electron chi connectivity index (χ2n) is 3.35. The lowest BCUT2D eigenvalue weighted by molar-refractivity contribution is 0.128. The highest BCUT2D eigenvalue weighted by Gasteiger charge is 2.12. The van der Waals surface area contributed by atoms with E-state index in [1.165, 1.54) is 10.9 Å². The Hall–Kier alpha value is -1.52. The maximum absolute atomic E-state index is 13.5. The number of imidazole rings is 1. The number of hydrogen-bond donors (Lipinski definition) is 0. The Morgan fingerprint density at radius 1 is 1.40 bits per heavy atom. The van der Waals surface area contributed by atoms with E-state index in [0.717, 1.165) is 0 Å². The number of hydrogen-bond acceptors (Lipinski definition) is 1. The van der Waals surface area contributed by atoms with Crippen LogP contribution in [0.4, 0.5) is 13.2 Å². The normalized spacial score (nSPS) is 11.5. The van der Waals surface area contributed by atoms with Gasteiger partial charge in [-0.3, -0.25) is 0 Å². The largest absolute Gasteiger partial charge is 0.325 e. The first-order valence-corrected chi connectivity index (χ1v) is 4.47. The van der Waals surface area contributed by atoms with Crippen LogP contribution in [-0.4, -0.2) is 16.0 Å². The Kier molecular flexibility index (Phi) is 2.38. The summed E-state index contributed by atoms with van der Waals surface area (Å²) < 4.78 is 39.1. The first kappa shape index (κ1) is 10.0. The fourth-order valence-electron chi connectivity index (χ4n) is 1.49. The van der Waals surface area contributed by atoms with Crippen molar-refractivity contribution in [1.29, 1.82) is 0 Å². The maximum atomic E-state index is 13.5. The van der Waals surface area contributed by atoms with Gasteiger partial charge in [-0.25, -0.2) is 18.2 Å². The SMILES string of the molecule is Cc1ccc2c(ncn2CC(F)F)c1F. The summed E-state index contributed by atoms with van der Waals surface area (Å²) in [5, 5.41) is 0. The van der Waals surface area contributed by atoms with Crippen LogP contribution in [-0.2, 0) is 6.54 Å². The number of alkyl halides is 2. The van der Waals surface area contributed by atoms with Crippen LogP contribution in [0.15, 0.2) is 18.5 Å². The van der Waals surface area contributed by atoms with E-state index < -0.39 is 18.8 Å². The summed E-state index contributed by atoms with van der Waals surface area (Å²) in [5.74, 6) is -0.444. The number of nitrogens with zero attached hydrogens (tertiary/aromatic N) is 2. The fraction of sp³-hybridized carbons (Fsp3) is 0.300. The first-order chi connectivity index (χ1) is 7.09. The minimum Gasteiger partial charge on any atom is -0.325 e. The number of rotatable bonds is 2.